The van der Waals surface area contributed by atoms with Crippen LogP contribution in [0.1, 0.15) is 18.4 Å². The van der Waals surface area contributed by atoms with Gasteiger partial charge in [0.2, 0.25) is 0 Å². The molecule has 0 saturated carbocycles. The van der Waals surface area contributed by atoms with Crippen molar-refractivity contribution in [1.82, 2.24) is 4.90 Å². The second kappa shape index (κ2) is 5.48. The van der Waals surface area contributed by atoms with E-state index >= 15 is 0 Å². The van der Waals surface area contributed by atoms with Crippen LogP contribution < -0.4 is 0 Å². The normalized spacial score (nSPS) is 21.6. The van der Waals surface area contributed by atoms with Crippen molar-refractivity contribution in [2.75, 3.05) is 12.4 Å². The van der Waals surface area contributed by atoms with Crippen molar-refractivity contribution < 1.29 is 4.39 Å². The van der Waals surface area contributed by atoms with Gasteiger partial charge >= 0.3 is 0 Å². The van der Waals surface area contributed by atoms with Crippen molar-refractivity contribution in [1.29, 1.82) is 0 Å². The first kappa shape index (κ1) is 12.3. The average molecular weight is 307 g/mol. The van der Waals surface area contributed by atoms with Crippen molar-refractivity contribution in [3.05, 3.63) is 34.1 Å². The van der Waals surface area contributed by atoms with Crippen molar-refractivity contribution >= 4 is 27.5 Å². The van der Waals surface area contributed by atoms with E-state index in [1.807, 2.05) is 6.07 Å². The van der Waals surface area contributed by atoms with Crippen molar-refractivity contribution in [3.8, 4) is 0 Å². The molecule has 0 aromatic heterocycles. The summed E-state index contributed by atoms with van der Waals surface area (Å²) in [6.45, 7) is 1.83. The Balaban J connectivity index is 2.11. The molecule has 2 rings (SSSR count). The van der Waals surface area contributed by atoms with Gasteiger partial charge in [-0.3, -0.25) is 4.90 Å². The third-order valence-corrected chi connectivity index (χ3v) is 4.33. The third kappa shape index (κ3) is 2.58. The lowest BCUT2D eigenvalue weighted by molar-refractivity contribution is 0.262. The van der Waals surface area contributed by atoms with E-state index in [0.29, 0.717) is 16.4 Å². The van der Waals surface area contributed by atoms with Gasteiger partial charge < -0.3 is 0 Å². The van der Waals surface area contributed by atoms with Crippen LogP contribution in [0, 0.1) is 5.82 Å². The van der Waals surface area contributed by atoms with Gasteiger partial charge in [-0.15, -0.1) is 11.6 Å². The molecule has 1 fully saturated rings. The monoisotopic (exact) mass is 305 g/mol. The van der Waals surface area contributed by atoms with E-state index in [1.165, 1.54) is 12.5 Å². The lowest BCUT2D eigenvalue weighted by Crippen LogP contribution is -2.30. The molecule has 1 aliphatic rings. The Bertz CT molecular complexity index is 372. The highest BCUT2D eigenvalue weighted by molar-refractivity contribution is 9.10. The summed E-state index contributed by atoms with van der Waals surface area (Å²) in [4.78, 5) is 2.33. The predicted molar refractivity (Wildman–Crippen MR) is 68.3 cm³/mol. The Morgan fingerprint density at radius 1 is 1.50 bits per heavy atom. The smallest absolute Gasteiger partial charge is 0.137 e. The molecular weight excluding hydrogens is 292 g/mol. The number of hydrogen-bond acceptors (Lipinski definition) is 1. The SMILES string of the molecule is Fc1cccc(CN2CCCC2CCl)c1Br. The number of nitrogens with zero attached hydrogens (tertiary/aromatic N) is 1. The van der Waals surface area contributed by atoms with Crippen LogP contribution in [0.5, 0.6) is 0 Å². The fourth-order valence-corrected chi connectivity index (χ4v) is 2.91. The van der Waals surface area contributed by atoms with E-state index in [-0.39, 0.29) is 5.82 Å². The fourth-order valence-electron chi connectivity index (χ4n) is 2.17. The predicted octanol–water partition coefficient (Wildman–Crippen LogP) is 3.79. The molecule has 0 bridgehead atoms. The number of halogens is 3. The molecule has 1 saturated heterocycles. The molecule has 0 aliphatic carbocycles. The molecular formula is C12H14BrClFN. The summed E-state index contributed by atoms with van der Waals surface area (Å²) in [5, 5.41) is 0. The first-order valence-corrected chi connectivity index (χ1v) is 6.78. The summed E-state index contributed by atoms with van der Waals surface area (Å²) in [6, 6.07) is 5.62. The lowest BCUT2D eigenvalue weighted by Gasteiger charge is -2.23. The molecule has 16 heavy (non-hydrogen) atoms. The number of hydrogen-bond donors (Lipinski definition) is 0. The van der Waals surface area contributed by atoms with Gasteiger partial charge in [-0.25, -0.2) is 4.39 Å². The zero-order valence-electron chi connectivity index (χ0n) is 8.93. The van der Waals surface area contributed by atoms with Crippen LogP contribution in [0.3, 0.4) is 0 Å². The molecule has 0 spiro atoms. The van der Waals surface area contributed by atoms with Crippen LogP contribution in [-0.4, -0.2) is 23.4 Å². The van der Waals surface area contributed by atoms with Gasteiger partial charge in [-0.2, -0.15) is 0 Å². The molecule has 1 atom stereocenters. The van der Waals surface area contributed by atoms with E-state index in [4.69, 9.17) is 11.6 Å². The molecule has 0 N–H and O–H groups in total. The van der Waals surface area contributed by atoms with Crippen LogP contribution in [0.4, 0.5) is 4.39 Å². The first-order valence-electron chi connectivity index (χ1n) is 5.45. The maximum Gasteiger partial charge on any atom is 0.137 e. The van der Waals surface area contributed by atoms with Crippen LogP contribution in [-0.2, 0) is 6.54 Å². The minimum atomic E-state index is -0.195. The van der Waals surface area contributed by atoms with Gasteiger partial charge in [-0.05, 0) is 46.9 Å². The van der Waals surface area contributed by atoms with Crippen molar-refractivity contribution in [2.45, 2.75) is 25.4 Å². The summed E-state index contributed by atoms with van der Waals surface area (Å²) in [7, 11) is 0. The van der Waals surface area contributed by atoms with Gasteiger partial charge in [0.25, 0.3) is 0 Å². The largest absolute Gasteiger partial charge is 0.295 e. The molecule has 1 aliphatic heterocycles. The lowest BCUT2D eigenvalue weighted by atomic mass is 10.2. The highest BCUT2D eigenvalue weighted by atomic mass is 79.9. The number of benzene rings is 1. The summed E-state index contributed by atoms with van der Waals surface area (Å²) in [6.07, 6.45) is 2.33. The second-order valence-electron chi connectivity index (χ2n) is 4.13. The van der Waals surface area contributed by atoms with E-state index in [2.05, 4.69) is 20.8 Å². The highest BCUT2D eigenvalue weighted by Gasteiger charge is 2.24. The fraction of sp³-hybridized carbons (Fsp3) is 0.500. The summed E-state index contributed by atoms with van der Waals surface area (Å²) in [5.74, 6) is 0.464. The van der Waals surface area contributed by atoms with E-state index < -0.39 is 0 Å². The second-order valence-corrected chi connectivity index (χ2v) is 5.24. The molecule has 88 valence electrons. The van der Waals surface area contributed by atoms with Gasteiger partial charge in [0.05, 0.1) is 4.47 Å². The average Bonchev–Trinajstić information content (AvgIpc) is 2.72. The van der Waals surface area contributed by atoms with Crippen LogP contribution in [0.15, 0.2) is 22.7 Å². The summed E-state index contributed by atoms with van der Waals surface area (Å²) < 4.78 is 13.9. The Labute approximate surface area is 109 Å². The zero-order chi connectivity index (χ0) is 11.5. The molecule has 1 heterocycles. The van der Waals surface area contributed by atoms with Crippen LogP contribution in [0.2, 0.25) is 0 Å². The Morgan fingerprint density at radius 2 is 2.31 bits per heavy atom. The standard InChI is InChI=1S/C12H14BrClFN/c13-12-9(3-1-5-11(12)15)8-16-6-2-4-10(16)7-14/h1,3,5,10H,2,4,6-8H2. The Morgan fingerprint density at radius 3 is 3.06 bits per heavy atom. The first-order chi connectivity index (χ1) is 7.72. The maximum absolute atomic E-state index is 13.3. The Kier molecular flexibility index (Phi) is 4.22. The topological polar surface area (TPSA) is 3.24 Å². The van der Waals surface area contributed by atoms with E-state index in [9.17, 15) is 4.39 Å². The molecule has 1 aromatic rings. The molecule has 0 radical (unpaired) electrons. The summed E-state index contributed by atoms with van der Waals surface area (Å²) >= 11 is 9.21. The minimum absolute atomic E-state index is 0.195. The number of likely N-dealkylation sites (tertiary alicyclic amines) is 1. The Hall–Kier alpha value is -0.120. The number of rotatable bonds is 3. The number of alkyl halides is 1. The van der Waals surface area contributed by atoms with Gasteiger partial charge in [0, 0.05) is 18.5 Å². The molecule has 4 heteroatoms. The van der Waals surface area contributed by atoms with Crippen LogP contribution in [0.25, 0.3) is 0 Å². The molecule has 1 nitrogen and oxygen atoms in total. The van der Waals surface area contributed by atoms with E-state index in [1.54, 1.807) is 6.07 Å². The van der Waals surface area contributed by atoms with Gasteiger partial charge in [-0.1, -0.05) is 12.1 Å². The quantitative estimate of drug-likeness (QED) is 0.768. The molecule has 1 aromatic carbocycles. The van der Waals surface area contributed by atoms with E-state index in [0.717, 1.165) is 25.1 Å². The minimum Gasteiger partial charge on any atom is -0.295 e. The van der Waals surface area contributed by atoms with Gasteiger partial charge in [0.15, 0.2) is 0 Å². The highest BCUT2D eigenvalue weighted by Crippen LogP contribution is 2.26. The zero-order valence-corrected chi connectivity index (χ0v) is 11.3. The van der Waals surface area contributed by atoms with Gasteiger partial charge in [0.1, 0.15) is 5.82 Å². The van der Waals surface area contributed by atoms with Crippen molar-refractivity contribution in [2.24, 2.45) is 0 Å². The summed E-state index contributed by atoms with van der Waals surface area (Å²) in [5.41, 5.74) is 0.997. The maximum atomic E-state index is 13.3. The molecule has 1 unspecified atom stereocenters. The van der Waals surface area contributed by atoms with Crippen molar-refractivity contribution in [3.63, 3.8) is 0 Å². The molecule has 0 amide bonds. The van der Waals surface area contributed by atoms with Crippen LogP contribution >= 0.6 is 27.5 Å². The third-order valence-electron chi connectivity index (χ3n) is 3.08.